The van der Waals surface area contributed by atoms with Crippen LogP contribution in [0.25, 0.3) is 0 Å². The Morgan fingerprint density at radius 1 is 1.46 bits per heavy atom. The maximum Gasteiger partial charge on any atom is 0.317 e. The topological polar surface area (TPSA) is 80.5 Å². The zero-order chi connectivity index (χ0) is 18.1. The first kappa shape index (κ1) is 18.7. The molecule has 0 aliphatic heterocycles. The van der Waals surface area contributed by atoms with Crippen LogP contribution in [0.1, 0.15) is 58.7 Å². The number of rotatable bonds is 6. The van der Waals surface area contributed by atoms with Gasteiger partial charge in [0.25, 0.3) is 0 Å². The summed E-state index contributed by atoms with van der Waals surface area (Å²) in [5.74, 6) is 1.49. The van der Waals surface area contributed by atoms with E-state index in [4.69, 9.17) is 9.26 Å². The summed E-state index contributed by atoms with van der Waals surface area (Å²) in [5.41, 5.74) is -0.282. The van der Waals surface area contributed by atoms with Crippen molar-refractivity contribution in [2.75, 3.05) is 20.7 Å². The Balaban J connectivity index is 1.82. The number of amides is 2. The van der Waals surface area contributed by atoms with Crippen LogP contribution in [0.2, 0.25) is 0 Å². The van der Waals surface area contributed by atoms with Crippen LogP contribution >= 0.6 is 0 Å². The fourth-order valence-electron chi connectivity index (χ4n) is 3.22. The third kappa shape index (κ3) is 3.27. The number of urea groups is 1. The second-order valence-electron chi connectivity index (χ2n) is 7.67. The van der Waals surface area contributed by atoms with Crippen LogP contribution in [0, 0.1) is 5.41 Å². The molecule has 1 heterocycles. The van der Waals surface area contributed by atoms with E-state index in [0.29, 0.717) is 24.7 Å². The van der Waals surface area contributed by atoms with Gasteiger partial charge in [-0.25, -0.2) is 4.79 Å². The van der Waals surface area contributed by atoms with Crippen LogP contribution < -0.4 is 5.32 Å². The summed E-state index contributed by atoms with van der Waals surface area (Å²) in [6, 6.07) is 0.0632. The highest BCUT2D eigenvalue weighted by Crippen LogP contribution is 2.53. The average molecular weight is 338 g/mol. The van der Waals surface area contributed by atoms with Gasteiger partial charge in [0, 0.05) is 44.5 Å². The molecule has 0 spiro atoms. The third-order valence-electron chi connectivity index (χ3n) is 5.63. The number of ether oxygens (including phenoxy) is 1. The molecule has 0 unspecified atom stereocenters. The lowest BCUT2D eigenvalue weighted by atomic mass is 9.55. The molecule has 1 aromatic rings. The molecule has 2 atom stereocenters. The van der Waals surface area contributed by atoms with Crippen LogP contribution in [0.15, 0.2) is 4.52 Å². The van der Waals surface area contributed by atoms with Gasteiger partial charge in [0.1, 0.15) is 0 Å². The van der Waals surface area contributed by atoms with Gasteiger partial charge in [0.15, 0.2) is 5.82 Å². The van der Waals surface area contributed by atoms with Crippen molar-refractivity contribution in [1.29, 1.82) is 0 Å². The van der Waals surface area contributed by atoms with Crippen molar-refractivity contribution >= 4 is 6.03 Å². The lowest BCUT2D eigenvalue weighted by Crippen LogP contribution is -2.69. The van der Waals surface area contributed by atoms with E-state index >= 15 is 0 Å². The molecule has 1 N–H and O–H groups in total. The molecule has 136 valence electrons. The van der Waals surface area contributed by atoms with Gasteiger partial charge in [-0.05, 0) is 13.3 Å². The summed E-state index contributed by atoms with van der Waals surface area (Å²) >= 11 is 0. The summed E-state index contributed by atoms with van der Waals surface area (Å²) in [6.45, 7) is 10.9. The standard InChI is InChI=1S/C17H30N4O3/c1-11(2)14-19-13(24-20-14)8-9-18-15(22)21(6)12-10-17(5,23-7)16(12,3)4/h11-12H,8-10H2,1-7H3,(H,18,22)/t12-,17+/m0/s1. The fourth-order valence-corrected chi connectivity index (χ4v) is 3.22. The largest absolute Gasteiger partial charge is 0.378 e. The molecule has 7 heteroatoms. The van der Waals surface area contributed by atoms with Crippen molar-refractivity contribution in [3.63, 3.8) is 0 Å². The molecular weight excluding hydrogens is 308 g/mol. The number of methoxy groups -OCH3 is 1. The number of carbonyl (C=O) groups excluding carboxylic acids is 1. The van der Waals surface area contributed by atoms with E-state index in [2.05, 4.69) is 36.2 Å². The molecule has 24 heavy (non-hydrogen) atoms. The zero-order valence-electron chi connectivity index (χ0n) is 15.8. The number of aromatic nitrogens is 2. The number of hydrogen-bond donors (Lipinski definition) is 1. The molecule has 1 saturated carbocycles. The van der Waals surface area contributed by atoms with E-state index < -0.39 is 0 Å². The normalized spacial score (nSPS) is 25.4. The van der Waals surface area contributed by atoms with Crippen molar-refractivity contribution in [3.05, 3.63) is 11.7 Å². The van der Waals surface area contributed by atoms with Crippen LogP contribution in [-0.2, 0) is 11.2 Å². The lowest BCUT2D eigenvalue weighted by molar-refractivity contribution is -0.198. The van der Waals surface area contributed by atoms with Crippen molar-refractivity contribution in [1.82, 2.24) is 20.4 Å². The highest BCUT2D eigenvalue weighted by molar-refractivity contribution is 5.74. The maximum absolute atomic E-state index is 12.4. The number of nitrogens with zero attached hydrogens (tertiary/aromatic N) is 3. The molecule has 0 radical (unpaired) electrons. The Hall–Kier alpha value is -1.63. The molecule has 1 fully saturated rings. The number of carbonyl (C=O) groups is 1. The van der Waals surface area contributed by atoms with Crippen LogP contribution in [0.3, 0.4) is 0 Å². The Labute approximate surface area is 144 Å². The van der Waals surface area contributed by atoms with E-state index in [1.54, 1.807) is 12.0 Å². The van der Waals surface area contributed by atoms with Crippen molar-refractivity contribution in [2.45, 2.75) is 65.0 Å². The molecule has 1 aromatic heterocycles. The molecular formula is C17H30N4O3. The third-order valence-corrected chi connectivity index (χ3v) is 5.63. The molecule has 1 aliphatic carbocycles. The Kier molecular flexibility index (Phi) is 5.22. The van der Waals surface area contributed by atoms with Gasteiger partial charge in [-0.15, -0.1) is 0 Å². The highest BCUT2D eigenvalue weighted by Gasteiger charge is 2.59. The Morgan fingerprint density at radius 3 is 2.62 bits per heavy atom. The Morgan fingerprint density at radius 2 is 2.12 bits per heavy atom. The SMILES string of the molecule is CO[C@]1(C)C[C@H](N(C)C(=O)NCCc2nc(C(C)C)no2)C1(C)C. The summed E-state index contributed by atoms with van der Waals surface area (Å²) in [4.78, 5) is 18.5. The van der Waals surface area contributed by atoms with Gasteiger partial charge >= 0.3 is 6.03 Å². The second-order valence-corrected chi connectivity index (χ2v) is 7.67. The van der Waals surface area contributed by atoms with Gasteiger partial charge in [-0.2, -0.15) is 4.98 Å². The smallest absolute Gasteiger partial charge is 0.317 e. The van der Waals surface area contributed by atoms with E-state index in [1.807, 2.05) is 20.9 Å². The minimum absolute atomic E-state index is 0.0881. The van der Waals surface area contributed by atoms with Gasteiger partial charge < -0.3 is 19.5 Å². The van der Waals surface area contributed by atoms with E-state index in [9.17, 15) is 4.79 Å². The first-order chi connectivity index (χ1) is 11.1. The average Bonchev–Trinajstić information content (AvgIpc) is 3.00. The lowest BCUT2D eigenvalue weighted by Gasteiger charge is -2.61. The van der Waals surface area contributed by atoms with Crippen LogP contribution in [0.5, 0.6) is 0 Å². The first-order valence-electron chi connectivity index (χ1n) is 8.50. The molecule has 0 bridgehead atoms. The zero-order valence-corrected chi connectivity index (χ0v) is 15.8. The molecule has 2 rings (SSSR count). The van der Waals surface area contributed by atoms with Gasteiger partial charge in [0.2, 0.25) is 5.89 Å². The van der Waals surface area contributed by atoms with Crippen LogP contribution in [-0.4, -0.2) is 53.4 Å². The molecule has 2 amide bonds. The van der Waals surface area contributed by atoms with Crippen molar-refractivity contribution in [2.24, 2.45) is 5.41 Å². The summed E-state index contributed by atoms with van der Waals surface area (Å²) < 4.78 is 10.8. The van der Waals surface area contributed by atoms with Crippen molar-refractivity contribution < 1.29 is 14.1 Å². The number of hydrogen-bond acceptors (Lipinski definition) is 5. The summed E-state index contributed by atoms with van der Waals surface area (Å²) in [7, 11) is 3.56. The van der Waals surface area contributed by atoms with Crippen molar-refractivity contribution in [3.8, 4) is 0 Å². The Bertz CT molecular complexity index is 584. The molecule has 0 aromatic carbocycles. The van der Waals surface area contributed by atoms with Gasteiger partial charge in [0.05, 0.1) is 5.60 Å². The highest BCUT2D eigenvalue weighted by atomic mass is 16.5. The molecule has 7 nitrogen and oxygen atoms in total. The predicted octanol–water partition coefficient (Wildman–Crippen LogP) is 2.58. The minimum atomic E-state index is -0.191. The molecule has 1 aliphatic rings. The maximum atomic E-state index is 12.4. The van der Waals surface area contributed by atoms with Crippen LogP contribution in [0.4, 0.5) is 4.79 Å². The summed E-state index contributed by atoms with van der Waals surface area (Å²) in [5, 5.41) is 6.84. The quantitative estimate of drug-likeness (QED) is 0.862. The second kappa shape index (κ2) is 6.70. The number of nitrogens with one attached hydrogen (secondary N) is 1. The minimum Gasteiger partial charge on any atom is -0.378 e. The van der Waals surface area contributed by atoms with E-state index in [1.165, 1.54) is 0 Å². The monoisotopic (exact) mass is 338 g/mol. The van der Waals surface area contributed by atoms with Gasteiger partial charge in [-0.3, -0.25) is 0 Å². The summed E-state index contributed by atoms with van der Waals surface area (Å²) in [6.07, 6.45) is 1.37. The predicted molar refractivity (Wildman–Crippen MR) is 90.9 cm³/mol. The van der Waals surface area contributed by atoms with E-state index in [-0.39, 0.29) is 29.0 Å². The fraction of sp³-hybridized carbons (Fsp3) is 0.824. The first-order valence-corrected chi connectivity index (χ1v) is 8.50. The van der Waals surface area contributed by atoms with Gasteiger partial charge in [-0.1, -0.05) is 32.9 Å². The molecule has 0 saturated heterocycles. The van der Waals surface area contributed by atoms with E-state index in [0.717, 1.165) is 6.42 Å².